The van der Waals surface area contributed by atoms with Crippen molar-refractivity contribution in [3.8, 4) is 5.75 Å². The lowest BCUT2D eigenvalue weighted by molar-refractivity contribution is -0.147. The van der Waals surface area contributed by atoms with E-state index in [1.807, 2.05) is 13.0 Å². The van der Waals surface area contributed by atoms with Crippen LogP contribution in [0.15, 0.2) is 30.3 Å². The van der Waals surface area contributed by atoms with Crippen molar-refractivity contribution in [1.82, 2.24) is 4.98 Å². The zero-order chi connectivity index (χ0) is 21.4. The molecule has 1 amide bonds. The van der Waals surface area contributed by atoms with E-state index in [1.54, 1.807) is 19.1 Å². The molecule has 1 aliphatic heterocycles. The first-order chi connectivity index (χ1) is 14.4. The molecule has 0 N–H and O–H groups in total. The Balaban J connectivity index is 1.70. The Morgan fingerprint density at radius 2 is 2.13 bits per heavy atom. The molecule has 156 valence electrons. The van der Waals surface area contributed by atoms with Gasteiger partial charge in [0.15, 0.2) is 6.10 Å². The van der Waals surface area contributed by atoms with Crippen molar-refractivity contribution in [3.05, 3.63) is 52.5 Å². The van der Waals surface area contributed by atoms with Gasteiger partial charge in [0.2, 0.25) is 0 Å². The lowest BCUT2D eigenvalue weighted by atomic mass is 10.1. The van der Waals surface area contributed by atoms with Gasteiger partial charge in [0.1, 0.15) is 22.4 Å². The van der Waals surface area contributed by atoms with E-state index in [1.165, 1.54) is 4.90 Å². The molecule has 1 atom stereocenters. The average molecular weight is 432 g/mol. The van der Waals surface area contributed by atoms with Crippen molar-refractivity contribution >= 4 is 39.1 Å². The number of esters is 1. The third-order valence-electron chi connectivity index (χ3n) is 4.69. The highest BCUT2D eigenvalue weighted by molar-refractivity contribution is 7.18. The van der Waals surface area contributed by atoms with Crippen molar-refractivity contribution in [3.63, 3.8) is 0 Å². The van der Waals surface area contributed by atoms with E-state index in [9.17, 15) is 18.4 Å². The number of halogens is 2. The number of ether oxygens (including phenoxy) is 2. The Morgan fingerprint density at radius 3 is 2.90 bits per heavy atom. The summed E-state index contributed by atoms with van der Waals surface area (Å²) < 4.78 is 38.6. The highest BCUT2D eigenvalue weighted by atomic mass is 32.1. The first-order valence-electron chi connectivity index (χ1n) is 9.35. The minimum absolute atomic E-state index is 0.0401. The summed E-state index contributed by atoms with van der Waals surface area (Å²) in [6.45, 7) is 3.76. The second-order valence-corrected chi connectivity index (χ2v) is 7.89. The second kappa shape index (κ2) is 7.98. The first kappa shape index (κ1) is 20.2. The largest absolute Gasteiger partial charge is 0.477 e. The maximum Gasteiger partial charge on any atom is 0.310 e. The molecule has 0 saturated heterocycles. The summed E-state index contributed by atoms with van der Waals surface area (Å²) in [5, 5.41) is 0.437. The molecule has 0 saturated carbocycles. The number of benzene rings is 2. The van der Waals surface area contributed by atoms with Crippen LogP contribution in [0.1, 0.15) is 23.9 Å². The van der Waals surface area contributed by atoms with Crippen LogP contribution < -0.4 is 9.64 Å². The smallest absolute Gasteiger partial charge is 0.310 e. The van der Waals surface area contributed by atoms with Crippen LogP contribution in [-0.4, -0.2) is 29.6 Å². The minimum atomic E-state index is -1.04. The fourth-order valence-electron chi connectivity index (χ4n) is 3.36. The summed E-state index contributed by atoms with van der Waals surface area (Å²) in [6.07, 6.45) is -1.27. The molecule has 3 aromatic rings. The van der Waals surface area contributed by atoms with E-state index < -0.39 is 29.6 Å². The summed E-state index contributed by atoms with van der Waals surface area (Å²) >= 11 is 1.05. The highest BCUT2D eigenvalue weighted by Gasteiger charge is 2.37. The van der Waals surface area contributed by atoms with Crippen LogP contribution in [0.4, 0.5) is 14.5 Å². The van der Waals surface area contributed by atoms with Crippen LogP contribution in [0, 0.1) is 18.6 Å². The highest BCUT2D eigenvalue weighted by Crippen LogP contribution is 2.39. The number of nitrogens with zero attached hydrogens (tertiary/aromatic N) is 2. The molecule has 0 radical (unpaired) electrons. The Hall–Kier alpha value is -3.07. The first-order valence-corrected chi connectivity index (χ1v) is 10.2. The molecule has 1 aliphatic rings. The summed E-state index contributed by atoms with van der Waals surface area (Å²) in [5.41, 5.74) is 1.53. The van der Waals surface area contributed by atoms with Gasteiger partial charge >= 0.3 is 5.97 Å². The zero-order valence-electron chi connectivity index (χ0n) is 16.3. The van der Waals surface area contributed by atoms with Gasteiger partial charge in [-0.2, -0.15) is 0 Å². The minimum Gasteiger partial charge on any atom is -0.477 e. The fourth-order valence-corrected chi connectivity index (χ4v) is 4.30. The molecular formula is C21H18F2N2O4S. The monoisotopic (exact) mass is 432 g/mol. The number of fused-ring (bicyclic) bond motifs is 2. The van der Waals surface area contributed by atoms with Crippen LogP contribution in [0.25, 0.3) is 10.2 Å². The molecule has 30 heavy (non-hydrogen) atoms. The van der Waals surface area contributed by atoms with Gasteiger partial charge in [-0.1, -0.05) is 12.1 Å². The predicted molar refractivity (Wildman–Crippen MR) is 108 cm³/mol. The van der Waals surface area contributed by atoms with Gasteiger partial charge in [0.25, 0.3) is 5.91 Å². The van der Waals surface area contributed by atoms with Crippen LogP contribution in [0.5, 0.6) is 5.75 Å². The molecule has 9 heteroatoms. The van der Waals surface area contributed by atoms with Gasteiger partial charge in [-0.15, -0.1) is 11.3 Å². The van der Waals surface area contributed by atoms with E-state index in [4.69, 9.17) is 9.47 Å². The van der Waals surface area contributed by atoms with Gasteiger partial charge in [0.05, 0.1) is 35.5 Å². The van der Waals surface area contributed by atoms with E-state index in [-0.39, 0.29) is 29.8 Å². The Labute approximate surface area is 175 Å². The average Bonchev–Trinajstić information content (AvgIpc) is 3.09. The number of aromatic nitrogens is 1. The quantitative estimate of drug-likeness (QED) is 0.567. The van der Waals surface area contributed by atoms with Crippen LogP contribution in [0.3, 0.4) is 0 Å². The third kappa shape index (κ3) is 3.72. The number of amides is 1. The molecule has 0 fully saturated rings. The number of carbonyl (C=O) groups excluding carboxylic acids is 2. The number of anilines is 1. The van der Waals surface area contributed by atoms with E-state index in [0.717, 1.165) is 29.0 Å². The van der Waals surface area contributed by atoms with Crippen molar-refractivity contribution in [2.75, 3.05) is 11.5 Å². The van der Waals surface area contributed by atoms with Crippen LogP contribution in [-0.2, 0) is 20.9 Å². The molecule has 0 spiro atoms. The number of hydrogen-bond acceptors (Lipinski definition) is 6. The lowest BCUT2D eigenvalue weighted by Crippen LogP contribution is -2.46. The Bertz CT molecular complexity index is 1150. The summed E-state index contributed by atoms with van der Waals surface area (Å²) in [5.74, 6) is -1.88. The van der Waals surface area contributed by atoms with Crippen LogP contribution in [0.2, 0.25) is 0 Å². The topological polar surface area (TPSA) is 68.7 Å². The molecule has 6 nitrogen and oxygen atoms in total. The van der Waals surface area contributed by atoms with Gasteiger partial charge < -0.3 is 9.47 Å². The van der Waals surface area contributed by atoms with Gasteiger partial charge in [-0.25, -0.2) is 13.8 Å². The van der Waals surface area contributed by atoms with Gasteiger partial charge in [-0.05, 0) is 25.5 Å². The van der Waals surface area contributed by atoms with Gasteiger partial charge in [0, 0.05) is 12.1 Å². The van der Waals surface area contributed by atoms with E-state index in [2.05, 4.69) is 4.98 Å². The number of hydrogen-bond donors (Lipinski definition) is 0. The summed E-state index contributed by atoms with van der Waals surface area (Å²) in [4.78, 5) is 30.8. The number of aryl methyl sites for hydroxylation is 1. The second-order valence-electron chi connectivity index (χ2n) is 6.81. The lowest BCUT2D eigenvalue weighted by Gasteiger charge is -2.34. The molecular weight excluding hydrogens is 414 g/mol. The fraction of sp³-hybridized carbons (Fsp3) is 0.286. The molecule has 1 unspecified atom stereocenters. The Morgan fingerprint density at radius 1 is 1.33 bits per heavy atom. The maximum absolute atomic E-state index is 14.1. The molecule has 0 bridgehead atoms. The summed E-state index contributed by atoms with van der Waals surface area (Å²) in [6, 6.07) is 7.31. The number of thiazole rings is 1. The van der Waals surface area contributed by atoms with Crippen molar-refractivity contribution < 1.29 is 27.8 Å². The third-order valence-corrected chi connectivity index (χ3v) is 5.75. The predicted octanol–water partition coefficient (Wildman–Crippen LogP) is 4.13. The molecule has 0 aliphatic carbocycles. The summed E-state index contributed by atoms with van der Waals surface area (Å²) in [7, 11) is 0. The van der Waals surface area contributed by atoms with Crippen molar-refractivity contribution in [2.24, 2.45) is 0 Å². The Kier molecular flexibility index (Phi) is 5.38. The number of carbonyl (C=O) groups is 2. The standard InChI is InChI=1S/C21H18F2N2O4S/c1-3-28-18(26)9-16-21(27)25(15-6-4-5-11(2)19(15)29-16)10-17-24-14-8-12(22)7-13(23)20(14)30-17/h4-8,16H,3,9-10H2,1-2H3. The van der Waals surface area contributed by atoms with Crippen molar-refractivity contribution in [1.29, 1.82) is 0 Å². The molecule has 1 aromatic heterocycles. The normalized spacial score (nSPS) is 15.8. The zero-order valence-corrected chi connectivity index (χ0v) is 17.1. The van der Waals surface area contributed by atoms with Gasteiger partial charge in [-0.3, -0.25) is 14.5 Å². The van der Waals surface area contributed by atoms with Crippen LogP contribution >= 0.6 is 11.3 Å². The SMILES string of the molecule is CCOC(=O)CC1Oc2c(C)cccc2N(Cc2nc3cc(F)cc(F)c3s2)C1=O. The molecule has 2 heterocycles. The maximum atomic E-state index is 14.1. The van der Waals surface area contributed by atoms with Crippen molar-refractivity contribution in [2.45, 2.75) is 32.9 Å². The number of para-hydroxylation sites is 1. The molecule has 4 rings (SSSR count). The van der Waals surface area contributed by atoms with E-state index >= 15 is 0 Å². The van der Waals surface area contributed by atoms with E-state index in [0.29, 0.717) is 16.4 Å². The molecule has 2 aromatic carbocycles. The number of rotatable bonds is 5.